The molecular weight excluding hydrogens is 489 g/mol. The lowest BCUT2D eigenvalue weighted by atomic mass is 10.0. The molecule has 0 unspecified atom stereocenters. The molecule has 0 saturated heterocycles. The lowest BCUT2D eigenvalue weighted by Crippen LogP contribution is -2.47. The van der Waals surface area contributed by atoms with E-state index in [1.165, 1.54) is 6.21 Å². The van der Waals surface area contributed by atoms with Gasteiger partial charge in [-0.15, -0.1) is 0 Å². The summed E-state index contributed by atoms with van der Waals surface area (Å²) in [4.78, 5) is 25.1. The number of carbonyl (C=O) groups excluding carboxylic acids is 2. The second kappa shape index (κ2) is 12.4. The van der Waals surface area contributed by atoms with Crippen LogP contribution in [0.4, 0.5) is 0 Å². The van der Waals surface area contributed by atoms with Crippen LogP contribution in [0.2, 0.25) is 10.0 Å². The van der Waals surface area contributed by atoms with Crippen LogP contribution in [0.15, 0.2) is 64.1 Å². The summed E-state index contributed by atoms with van der Waals surface area (Å²) in [5.41, 5.74) is 4.03. The first-order valence-electron chi connectivity index (χ1n) is 11.1. The van der Waals surface area contributed by atoms with Crippen LogP contribution in [-0.4, -0.2) is 30.7 Å². The number of nitrogens with zero attached hydrogens (tertiary/aromatic N) is 1. The molecule has 0 aliphatic heterocycles. The van der Waals surface area contributed by atoms with Gasteiger partial charge in [0.15, 0.2) is 6.61 Å². The first-order valence-corrected chi connectivity index (χ1v) is 11.8. The van der Waals surface area contributed by atoms with Crippen molar-refractivity contribution < 1.29 is 18.7 Å². The predicted octanol–water partition coefficient (Wildman–Crippen LogP) is 5.62. The molecule has 0 bridgehead atoms. The fraction of sp³-hybridized carbons (Fsp3) is 0.269. The second-order valence-corrected chi connectivity index (χ2v) is 9.21. The van der Waals surface area contributed by atoms with Gasteiger partial charge in [0.1, 0.15) is 23.3 Å². The maximum atomic E-state index is 12.7. The number of amides is 2. The number of rotatable bonds is 10. The minimum Gasteiger partial charge on any atom is -0.484 e. The molecule has 1 atom stereocenters. The van der Waals surface area contributed by atoms with Gasteiger partial charge in [-0.3, -0.25) is 9.59 Å². The van der Waals surface area contributed by atoms with Crippen molar-refractivity contribution in [1.82, 2.24) is 10.7 Å². The Bertz CT molecular complexity index is 1210. The molecule has 1 heterocycles. The normalized spacial score (nSPS) is 12.1. The highest BCUT2D eigenvalue weighted by Gasteiger charge is 2.22. The van der Waals surface area contributed by atoms with E-state index >= 15 is 0 Å². The standard InChI is InChI=1S/C26H27Cl2N3O4/c1-16(2)12-22(30-25(32)15-34-23-7-5-4-6-17(23)3)26(33)31-29-14-19-9-11-24(35-19)20-13-18(27)8-10-21(20)28/h4-11,13-14,16,22H,12,15H2,1-3H3,(H,30,32)(H,31,33)/b29-14-/t22-/m0/s1. The molecule has 2 N–H and O–H groups in total. The molecule has 0 aliphatic carbocycles. The van der Waals surface area contributed by atoms with Crippen molar-refractivity contribution in [2.24, 2.45) is 11.0 Å². The van der Waals surface area contributed by atoms with Gasteiger partial charge < -0.3 is 14.5 Å². The van der Waals surface area contributed by atoms with E-state index in [2.05, 4.69) is 15.8 Å². The number of para-hydroxylation sites is 1. The molecule has 7 nitrogen and oxygen atoms in total. The quantitative estimate of drug-likeness (QED) is 0.270. The van der Waals surface area contributed by atoms with Crippen molar-refractivity contribution >= 4 is 41.2 Å². The maximum absolute atomic E-state index is 12.7. The van der Waals surface area contributed by atoms with Crippen molar-refractivity contribution in [1.29, 1.82) is 0 Å². The van der Waals surface area contributed by atoms with E-state index in [1.54, 1.807) is 36.4 Å². The Morgan fingerprint density at radius 1 is 1.11 bits per heavy atom. The zero-order valence-electron chi connectivity index (χ0n) is 19.7. The van der Waals surface area contributed by atoms with Crippen LogP contribution in [-0.2, 0) is 9.59 Å². The van der Waals surface area contributed by atoms with Gasteiger partial charge in [0, 0.05) is 10.6 Å². The lowest BCUT2D eigenvalue weighted by Gasteiger charge is -2.19. The summed E-state index contributed by atoms with van der Waals surface area (Å²) >= 11 is 12.3. The highest BCUT2D eigenvalue weighted by Crippen LogP contribution is 2.31. The van der Waals surface area contributed by atoms with Gasteiger partial charge in [0.25, 0.3) is 11.8 Å². The highest BCUT2D eigenvalue weighted by molar-refractivity contribution is 6.35. The second-order valence-electron chi connectivity index (χ2n) is 8.36. The maximum Gasteiger partial charge on any atom is 0.262 e. The first-order chi connectivity index (χ1) is 16.7. The molecule has 3 rings (SSSR count). The number of benzene rings is 2. The van der Waals surface area contributed by atoms with E-state index in [9.17, 15) is 9.59 Å². The Balaban J connectivity index is 1.58. The molecule has 0 spiro atoms. The van der Waals surface area contributed by atoms with Gasteiger partial charge in [-0.05, 0) is 61.2 Å². The molecule has 0 fully saturated rings. The summed E-state index contributed by atoms with van der Waals surface area (Å²) in [6.45, 7) is 5.62. The van der Waals surface area contributed by atoms with E-state index in [0.29, 0.717) is 39.3 Å². The Morgan fingerprint density at radius 3 is 2.63 bits per heavy atom. The number of carbonyl (C=O) groups is 2. The molecule has 184 valence electrons. The number of hydrazone groups is 1. The molecule has 2 aromatic carbocycles. The summed E-state index contributed by atoms with van der Waals surface area (Å²) in [5, 5.41) is 7.72. The van der Waals surface area contributed by atoms with Crippen molar-refractivity contribution in [3.8, 4) is 17.1 Å². The number of hydrogen-bond donors (Lipinski definition) is 2. The van der Waals surface area contributed by atoms with Gasteiger partial charge in [0.05, 0.1) is 11.2 Å². The minimum atomic E-state index is -0.766. The summed E-state index contributed by atoms with van der Waals surface area (Å²) in [6.07, 6.45) is 1.81. The average Bonchev–Trinajstić information content (AvgIpc) is 3.28. The van der Waals surface area contributed by atoms with Gasteiger partial charge in [0.2, 0.25) is 0 Å². The largest absolute Gasteiger partial charge is 0.484 e. The van der Waals surface area contributed by atoms with Gasteiger partial charge >= 0.3 is 0 Å². The molecule has 2 amide bonds. The summed E-state index contributed by atoms with van der Waals surface area (Å²) in [7, 11) is 0. The van der Waals surface area contributed by atoms with Crippen LogP contribution < -0.4 is 15.5 Å². The molecule has 9 heteroatoms. The van der Waals surface area contributed by atoms with Gasteiger partial charge in [-0.1, -0.05) is 55.2 Å². The molecule has 35 heavy (non-hydrogen) atoms. The fourth-order valence-corrected chi connectivity index (χ4v) is 3.67. The fourth-order valence-electron chi connectivity index (χ4n) is 3.29. The molecule has 1 aromatic heterocycles. The Morgan fingerprint density at radius 2 is 1.89 bits per heavy atom. The van der Waals surface area contributed by atoms with Crippen molar-refractivity contribution in [3.05, 3.63) is 76.0 Å². The van der Waals surface area contributed by atoms with E-state index < -0.39 is 17.9 Å². The summed E-state index contributed by atoms with van der Waals surface area (Å²) in [5.74, 6) is 0.878. The third-order valence-electron chi connectivity index (χ3n) is 5.00. The topological polar surface area (TPSA) is 92.9 Å². The summed E-state index contributed by atoms with van der Waals surface area (Å²) in [6, 6.07) is 15.1. The number of aryl methyl sites for hydroxylation is 1. The molecule has 0 saturated carbocycles. The SMILES string of the molecule is Cc1ccccc1OCC(=O)N[C@@H](CC(C)C)C(=O)N/N=C\c1ccc(-c2cc(Cl)ccc2Cl)o1. The minimum absolute atomic E-state index is 0.169. The smallest absolute Gasteiger partial charge is 0.262 e. The molecular formula is C26H27Cl2N3O4. The molecule has 0 radical (unpaired) electrons. The molecule has 3 aromatic rings. The van der Waals surface area contributed by atoms with E-state index in [4.69, 9.17) is 32.4 Å². The van der Waals surface area contributed by atoms with E-state index in [1.807, 2.05) is 39.0 Å². The Hall–Kier alpha value is -3.29. The molecule has 0 aliphatic rings. The number of nitrogens with one attached hydrogen (secondary N) is 2. The van der Waals surface area contributed by atoms with E-state index in [-0.39, 0.29) is 12.5 Å². The van der Waals surface area contributed by atoms with Crippen LogP contribution >= 0.6 is 23.2 Å². The third-order valence-corrected chi connectivity index (χ3v) is 5.56. The zero-order valence-corrected chi connectivity index (χ0v) is 21.2. The zero-order chi connectivity index (χ0) is 25.4. The average molecular weight is 516 g/mol. The number of hydrogen-bond acceptors (Lipinski definition) is 5. The number of furan rings is 1. The summed E-state index contributed by atoms with van der Waals surface area (Å²) < 4.78 is 11.3. The van der Waals surface area contributed by atoms with Crippen LogP contribution in [0.5, 0.6) is 5.75 Å². The van der Waals surface area contributed by atoms with Gasteiger partial charge in [-0.25, -0.2) is 5.43 Å². The number of halogens is 2. The van der Waals surface area contributed by atoms with Crippen molar-refractivity contribution in [2.75, 3.05) is 6.61 Å². The Kier molecular flexibility index (Phi) is 9.34. The first kappa shape index (κ1) is 26.3. The van der Waals surface area contributed by atoms with Crippen molar-refractivity contribution in [2.45, 2.75) is 33.2 Å². The highest BCUT2D eigenvalue weighted by atomic mass is 35.5. The van der Waals surface area contributed by atoms with Crippen LogP contribution in [0.1, 0.15) is 31.6 Å². The third kappa shape index (κ3) is 7.87. The van der Waals surface area contributed by atoms with Crippen LogP contribution in [0.3, 0.4) is 0 Å². The van der Waals surface area contributed by atoms with Crippen LogP contribution in [0, 0.1) is 12.8 Å². The van der Waals surface area contributed by atoms with Crippen LogP contribution in [0.25, 0.3) is 11.3 Å². The predicted molar refractivity (Wildman–Crippen MR) is 138 cm³/mol. The van der Waals surface area contributed by atoms with Gasteiger partial charge in [-0.2, -0.15) is 5.10 Å². The van der Waals surface area contributed by atoms with E-state index in [0.717, 1.165) is 5.56 Å². The lowest BCUT2D eigenvalue weighted by molar-refractivity contribution is -0.130. The monoisotopic (exact) mass is 515 g/mol. The van der Waals surface area contributed by atoms with Crippen molar-refractivity contribution in [3.63, 3.8) is 0 Å². The number of ether oxygens (including phenoxy) is 1. The Labute approximate surface area is 214 Å².